The average molecular weight is 256 g/mol. The molecule has 2 heteroatoms. The van der Waals surface area contributed by atoms with Crippen LogP contribution in [0.5, 0.6) is 0 Å². The van der Waals surface area contributed by atoms with Crippen molar-refractivity contribution in [1.29, 1.82) is 0 Å². The molecule has 0 N–H and O–H groups in total. The lowest BCUT2D eigenvalue weighted by Crippen LogP contribution is -2.14. The minimum absolute atomic E-state index is 0.0374. The molecule has 1 atom stereocenters. The lowest BCUT2D eigenvalue weighted by molar-refractivity contribution is -0.148. The molecule has 108 valence electrons. The largest absolute Gasteiger partial charge is 0.463 e. The molecule has 0 aromatic carbocycles. The van der Waals surface area contributed by atoms with Crippen LogP contribution in [0, 0.1) is 0 Å². The van der Waals surface area contributed by atoms with Gasteiger partial charge in [0, 0.05) is 6.42 Å². The van der Waals surface area contributed by atoms with Crippen LogP contribution in [-0.2, 0) is 9.53 Å². The number of hydrogen-bond donors (Lipinski definition) is 0. The quantitative estimate of drug-likeness (QED) is 0.352. The number of hydrogen-bond acceptors (Lipinski definition) is 2. The van der Waals surface area contributed by atoms with Gasteiger partial charge in [-0.3, -0.25) is 4.79 Å². The number of unbranched alkanes of at least 4 members (excludes halogenated alkanes) is 7. The zero-order chi connectivity index (χ0) is 13.6. The second kappa shape index (κ2) is 12.9. The van der Waals surface area contributed by atoms with E-state index in [0.29, 0.717) is 6.42 Å². The van der Waals surface area contributed by atoms with Crippen LogP contribution in [0.25, 0.3) is 0 Å². The molecule has 0 aliphatic carbocycles. The van der Waals surface area contributed by atoms with E-state index in [1.54, 1.807) is 0 Å². The number of rotatable bonds is 12. The van der Waals surface area contributed by atoms with Crippen LogP contribution < -0.4 is 0 Å². The van der Waals surface area contributed by atoms with Crippen molar-refractivity contribution < 1.29 is 9.53 Å². The molecule has 18 heavy (non-hydrogen) atoms. The Morgan fingerprint density at radius 2 is 1.44 bits per heavy atom. The number of ether oxygens (including phenoxy) is 1. The van der Waals surface area contributed by atoms with Gasteiger partial charge in [-0.2, -0.15) is 0 Å². The molecule has 0 aromatic rings. The summed E-state index contributed by atoms with van der Waals surface area (Å²) in [5, 5.41) is 0. The van der Waals surface area contributed by atoms with Gasteiger partial charge in [-0.25, -0.2) is 0 Å². The van der Waals surface area contributed by atoms with Gasteiger partial charge in [0.25, 0.3) is 0 Å². The third kappa shape index (κ3) is 11.9. The predicted molar refractivity (Wildman–Crippen MR) is 77.7 cm³/mol. The van der Waals surface area contributed by atoms with Crippen molar-refractivity contribution in [3.8, 4) is 0 Å². The van der Waals surface area contributed by atoms with E-state index in [9.17, 15) is 4.79 Å². The van der Waals surface area contributed by atoms with Crippen LogP contribution in [0.4, 0.5) is 0 Å². The van der Waals surface area contributed by atoms with Crippen molar-refractivity contribution in [3.63, 3.8) is 0 Å². The molecule has 0 saturated carbocycles. The van der Waals surface area contributed by atoms with Crippen molar-refractivity contribution in [3.05, 3.63) is 0 Å². The zero-order valence-corrected chi connectivity index (χ0v) is 12.7. The molecule has 0 aliphatic rings. The molecule has 0 saturated heterocycles. The minimum Gasteiger partial charge on any atom is -0.463 e. The maximum absolute atomic E-state index is 11.3. The highest BCUT2D eigenvalue weighted by molar-refractivity contribution is 5.69. The molecule has 2 nitrogen and oxygen atoms in total. The molecule has 0 bridgehead atoms. The Balaban J connectivity index is 3.24. The summed E-state index contributed by atoms with van der Waals surface area (Å²) >= 11 is 0. The highest BCUT2D eigenvalue weighted by atomic mass is 16.5. The SMILES string of the molecule is CCCCCCCCCC[C@H](C)OC(=O)CCC. The van der Waals surface area contributed by atoms with Crippen LogP contribution in [-0.4, -0.2) is 12.1 Å². The first-order valence-electron chi connectivity index (χ1n) is 7.90. The van der Waals surface area contributed by atoms with Crippen LogP contribution in [0.2, 0.25) is 0 Å². The van der Waals surface area contributed by atoms with Crippen LogP contribution >= 0.6 is 0 Å². The van der Waals surface area contributed by atoms with E-state index in [4.69, 9.17) is 4.74 Å². The summed E-state index contributed by atoms with van der Waals surface area (Å²) in [6, 6.07) is 0. The molecule has 0 heterocycles. The number of esters is 1. The lowest BCUT2D eigenvalue weighted by Gasteiger charge is -2.12. The second-order valence-electron chi connectivity index (χ2n) is 5.31. The third-order valence-corrected chi connectivity index (χ3v) is 3.25. The van der Waals surface area contributed by atoms with Gasteiger partial charge < -0.3 is 4.74 Å². The normalized spacial score (nSPS) is 12.4. The van der Waals surface area contributed by atoms with Crippen molar-refractivity contribution in [2.75, 3.05) is 0 Å². The van der Waals surface area contributed by atoms with Crippen molar-refractivity contribution >= 4 is 5.97 Å². The van der Waals surface area contributed by atoms with E-state index in [2.05, 4.69) is 6.92 Å². The maximum Gasteiger partial charge on any atom is 0.306 e. The van der Waals surface area contributed by atoms with Crippen molar-refractivity contribution in [1.82, 2.24) is 0 Å². The van der Waals surface area contributed by atoms with E-state index < -0.39 is 0 Å². The summed E-state index contributed by atoms with van der Waals surface area (Å²) in [5.41, 5.74) is 0. The van der Waals surface area contributed by atoms with E-state index in [1.807, 2.05) is 13.8 Å². The molecule has 0 fully saturated rings. The van der Waals surface area contributed by atoms with Crippen molar-refractivity contribution in [2.45, 2.75) is 97.5 Å². The van der Waals surface area contributed by atoms with Gasteiger partial charge in [0.1, 0.15) is 0 Å². The molecule has 0 radical (unpaired) electrons. The highest BCUT2D eigenvalue weighted by Crippen LogP contribution is 2.12. The molecule has 0 unspecified atom stereocenters. The molecule has 0 aromatic heterocycles. The standard InChI is InChI=1S/C16H32O2/c1-4-6-7-8-9-10-11-12-14-15(3)18-16(17)13-5-2/h15H,4-14H2,1-3H3/t15-/m0/s1. The number of carbonyl (C=O) groups is 1. The van der Waals surface area contributed by atoms with Gasteiger partial charge in [0.2, 0.25) is 0 Å². The second-order valence-corrected chi connectivity index (χ2v) is 5.31. The molecule has 0 rings (SSSR count). The first-order valence-corrected chi connectivity index (χ1v) is 7.90. The number of carbonyl (C=O) groups excluding carboxylic acids is 1. The van der Waals surface area contributed by atoms with E-state index in [1.165, 1.54) is 51.4 Å². The highest BCUT2D eigenvalue weighted by Gasteiger charge is 2.07. The van der Waals surface area contributed by atoms with E-state index in [0.717, 1.165) is 12.8 Å². The first kappa shape index (κ1) is 17.5. The Kier molecular flexibility index (Phi) is 12.5. The Bertz CT molecular complexity index is 190. The predicted octanol–water partition coefficient (Wildman–Crippen LogP) is 5.25. The Labute approximate surface area is 113 Å². The molecular formula is C16H32O2. The topological polar surface area (TPSA) is 26.3 Å². The Hall–Kier alpha value is -0.530. The Morgan fingerprint density at radius 3 is 2.00 bits per heavy atom. The van der Waals surface area contributed by atoms with E-state index >= 15 is 0 Å². The minimum atomic E-state index is -0.0374. The lowest BCUT2D eigenvalue weighted by atomic mass is 10.1. The van der Waals surface area contributed by atoms with Crippen LogP contribution in [0.15, 0.2) is 0 Å². The molecule has 0 aliphatic heterocycles. The first-order chi connectivity index (χ1) is 8.70. The third-order valence-electron chi connectivity index (χ3n) is 3.25. The van der Waals surface area contributed by atoms with Gasteiger partial charge in [0.05, 0.1) is 6.10 Å². The molecular weight excluding hydrogens is 224 g/mol. The summed E-state index contributed by atoms with van der Waals surface area (Å²) in [5.74, 6) is -0.0374. The van der Waals surface area contributed by atoms with Gasteiger partial charge in [-0.15, -0.1) is 0 Å². The summed E-state index contributed by atoms with van der Waals surface area (Å²) in [4.78, 5) is 11.3. The monoisotopic (exact) mass is 256 g/mol. The fraction of sp³-hybridized carbons (Fsp3) is 0.938. The summed E-state index contributed by atoms with van der Waals surface area (Å²) in [6.45, 7) is 6.26. The smallest absolute Gasteiger partial charge is 0.306 e. The Morgan fingerprint density at radius 1 is 0.889 bits per heavy atom. The van der Waals surface area contributed by atoms with Gasteiger partial charge >= 0.3 is 5.97 Å². The summed E-state index contributed by atoms with van der Waals surface area (Å²) < 4.78 is 5.31. The van der Waals surface area contributed by atoms with Crippen LogP contribution in [0.1, 0.15) is 91.4 Å². The van der Waals surface area contributed by atoms with Crippen molar-refractivity contribution in [2.24, 2.45) is 0 Å². The van der Waals surface area contributed by atoms with Gasteiger partial charge in [-0.05, 0) is 26.2 Å². The molecule has 0 amide bonds. The maximum atomic E-state index is 11.3. The fourth-order valence-electron chi connectivity index (χ4n) is 2.11. The summed E-state index contributed by atoms with van der Waals surface area (Å²) in [6.07, 6.45) is 13.2. The molecule has 0 spiro atoms. The van der Waals surface area contributed by atoms with Gasteiger partial charge in [-0.1, -0.05) is 58.8 Å². The summed E-state index contributed by atoms with van der Waals surface area (Å²) in [7, 11) is 0. The fourth-order valence-corrected chi connectivity index (χ4v) is 2.11. The van der Waals surface area contributed by atoms with Gasteiger partial charge in [0.15, 0.2) is 0 Å². The zero-order valence-electron chi connectivity index (χ0n) is 12.7. The average Bonchev–Trinajstić information content (AvgIpc) is 2.32. The van der Waals surface area contributed by atoms with E-state index in [-0.39, 0.29) is 12.1 Å². The van der Waals surface area contributed by atoms with Crippen LogP contribution in [0.3, 0.4) is 0 Å².